The summed E-state index contributed by atoms with van der Waals surface area (Å²) in [6.45, 7) is 9.21. The lowest BCUT2D eigenvalue weighted by Crippen LogP contribution is -2.08. The Hall–Kier alpha value is 1.16. The minimum atomic E-state index is 0.251. The van der Waals surface area contributed by atoms with Gasteiger partial charge in [-0.05, 0) is 16.9 Å². The third-order valence-electron chi connectivity index (χ3n) is 1.01. The highest BCUT2D eigenvalue weighted by Crippen LogP contribution is 2.55. The summed E-state index contributed by atoms with van der Waals surface area (Å²) in [7, 11) is 0. The monoisotopic (exact) mass is 244 g/mol. The van der Waals surface area contributed by atoms with E-state index in [4.69, 9.17) is 0 Å². The SMILES string of the molecule is CCP(I)C(C)(C)C. The van der Waals surface area contributed by atoms with Gasteiger partial charge in [0.05, 0.1) is 0 Å². The van der Waals surface area contributed by atoms with Gasteiger partial charge in [-0.3, -0.25) is 0 Å². The second-order valence-electron chi connectivity index (χ2n) is 2.85. The molecule has 1 atom stereocenters. The summed E-state index contributed by atoms with van der Waals surface area (Å²) in [4.78, 5) is 0. The van der Waals surface area contributed by atoms with Crippen LogP contribution in [-0.2, 0) is 0 Å². The molecule has 0 N–H and O–H groups in total. The lowest BCUT2D eigenvalue weighted by molar-refractivity contribution is 0.792. The number of rotatable bonds is 1. The molecule has 0 rings (SSSR count). The van der Waals surface area contributed by atoms with E-state index in [1.807, 2.05) is 0 Å². The van der Waals surface area contributed by atoms with Crippen LogP contribution in [0.3, 0.4) is 0 Å². The second kappa shape index (κ2) is 3.36. The van der Waals surface area contributed by atoms with E-state index in [1.54, 1.807) is 0 Å². The van der Waals surface area contributed by atoms with Gasteiger partial charge >= 0.3 is 0 Å². The molecular weight excluding hydrogens is 230 g/mol. The van der Waals surface area contributed by atoms with E-state index in [1.165, 1.54) is 6.16 Å². The summed E-state index contributed by atoms with van der Waals surface area (Å²) in [6, 6.07) is 0. The molecule has 0 aromatic carbocycles. The summed E-state index contributed by atoms with van der Waals surface area (Å²) in [5.74, 6) is 0. The molecule has 0 spiro atoms. The van der Waals surface area contributed by atoms with Crippen LogP contribution in [0.4, 0.5) is 0 Å². The van der Waals surface area contributed by atoms with Crippen LogP contribution >= 0.6 is 27.6 Å². The molecule has 0 amide bonds. The quantitative estimate of drug-likeness (QED) is 0.488. The zero-order chi connectivity index (χ0) is 6.78. The molecule has 0 radical (unpaired) electrons. The van der Waals surface area contributed by atoms with Crippen molar-refractivity contribution >= 4 is 27.6 Å². The van der Waals surface area contributed by atoms with Gasteiger partial charge in [0.15, 0.2) is 0 Å². The molecule has 8 heavy (non-hydrogen) atoms. The molecular formula is C6H14IP. The van der Waals surface area contributed by atoms with Crippen molar-refractivity contribution in [1.82, 2.24) is 0 Å². The van der Waals surface area contributed by atoms with Gasteiger partial charge in [0.2, 0.25) is 0 Å². The average Bonchev–Trinajstić information content (AvgIpc) is 1.62. The van der Waals surface area contributed by atoms with Gasteiger partial charge in [0, 0.05) is 0 Å². The van der Waals surface area contributed by atoms with E-state index in [0.717, 1.165) is 0 Å². The Morgan fingerprint density at radius 3 is 1.75 bits per heavy atom. The third kappa shape index (κ3) is 3.24. The molecule has 2 heteroatoms. The maximum atomic E-state index is 2.58. The van der Waals surface area contributed by atoms with Crippen LogP contribution in [0, 0.1) is 0 Å². The summed E-state index contributed by atoms with van der Waals surface area (Å²) < 4.78 is 0. The second-order valence-corrected chi connectivity index (χ2v) is 9.04. The van der Waals surface area contributed by atoms with E-state index < -0.39 is 0 Å². The Morgan fingerprint density at radius 2 is 1.75 bits per heavy atom. The lowest BCUT2D eigenvalue weighted by Gasteiger charge is -2.24. The number of hydrogen-bond donors (Lipinski definition) is 0. The zero-order valence-corrected chi connectivity index (χ0v) is 9.08. The zero-order valence-electron chi connectivity index (χ0n) is 6.03. The van der Waals surface area contributed by atoms with Crippen molar-refractivity contribution in [1.29, 1.82) is 0 Å². The van der Waals surface area contributed by atoms with Crippen molar-refractivity contribution in [2.45, 2.75) is 32.9 Å². The predicted molar refractivity (Wildman–Crippen MR) is 51.2 cm³/mol. The molecule has 50 valence electrons. The van der Waals surface area contributed by atoms with Crippen molar-refractivity contribution in [3.8, 4) is 0 Å². The number of hydrogen-bond acceptors (Lipinski definition) is 0. The van der Waals surface area contributed by atoms with Gasteiger partial charge in [0.25, 0.3) is 0 Å². The van der Waals surface area contributed by atoms with Crippen LogP contribution in [0.15, 0.2) is 0 Å². The average molecular weight is 244 g/mol. The predicted octanol–water partition coefficient (Wildman–Crippen LogP) is 3.64. The Morgan fingerprint density at radius 1 is 1.38 bits per heavy atom. The summed E-state index contributed by atoms with van der Waals surface area (Å²) in [6.07, 6.45) is 1.35. The van der Waals surface area contributed by atoms with Crippen LogP contribution in [0.1, 0.15) is 27.7 Å². The van der Waals surface area contributed by atoms with Crippen molar-refractivity contribution in [2.24, 2.45) is 0 Å². The lowest BCUT2D eigenvalue weighted by atomic mass is 10.3. The Bertz CT molecular complexity index is 65.4. The van der Waals surface area contributed by atoms with Gasteiger partial charge < -0.3 is 0 Å². The first-order valence-electron chi connectivity index (χ1n) is 2.92. The topological polar surface area (TPSA) is 0 Å². The van der Waals surface area contributed by atoms with Crippen molar-refractivity contribution < 1.29 is 0 Å². The molecule has 1 unspecified atom stereocenters. The fourth-order valence-electron chi connectivity index (χ4n) is 0.474. The maximum Gasteiger partial charge on any atom is -0.00892 e. The largest absolute Gasteiger partial charge is 0.0607 e. The van der Waals surface area contributed by atoms with Crippen molar-refractivity contribution in [3.63, 3.8) is 0 Å². The van der Waals surface area contributed by atoms with E-state index >= 15 is 0 Å². The summed E-state index contributed by atoms with van der Waals surface area (Å²) >= 11 is 2.58. The van der Waals surface area contributed by atoms with Crippen LogP contribution < -0.4 is 0 Å². The molecule has 0 bridgehead atoms. The van der Waals surface area contributed by atoms with Gasteiger partial charge in [-0.2, -0.15) is 0 Å². The smallest absolute Gasteiger partial charge is 0.00892 e. The molecule has 0 aliphatic carbocycles. The molecule has 0 heterocycles. The molecule has 0 aromatic heterocycles. The highest BCUT2D eigenvalue weighted by molar-refractivity contribution is 14.2. The Balaban J connectivity index is 3.62. The highest BCUT2D eigenvalue weighted by atomic mass is 127. The first-order chi connectivity index (χ1) is 3.48. The maximum absolute atomic E-state index is 2.58. The molecule has 0 aliphatic heterocycles. The summed E-state index contributed by atoms with van der Waals surface area (Å²) in [5.41, 5.74) is 0.251. The fraction of sp³-hybridized carbons (Fsp3) is 1.00. The van der Waals surface area contributed by atoms with E-state index in [-0.39, 0.29) is 5.56 Å². The van der Waals surface area contributed by atoms with E-state index in [2.05, 4.69) is 49.7 Å². The minimum Gasteiger partial charge on any atom is -0.0607 e. The third-order valence-corrected chi connectivity index (χ3v) is 9.41. The molecule has 0 saturated heterocycles. The molecule has 0 aliphatic rings. The summed E-state index contributed by atoms with van der Waals surface area (Å²) in [5, 5.41) is 0.560. The van der Waals surface area contributed by atoms with Gasteiger partial charge in [-0.25, -0.2) is 0 Å². The van der Waals surface area contributed by atoms with E-state index in [0.29, 0.717) is 5.16 Å². The Labute approximate surface area is 66.7 Å². The normalized spacial score (nSPS) is 16.1. The molecule has 0 nitrogen and oxygen atoms in total. The molecule has 0 saturated carbocycles. The van der Waals surface area contributed by atoms with Crippen LogP contribution in [0.5, 0.6) is 0 Å². The van der Waals surface area contributed by atoms with Crippen LogP contribution in [0.25, 0.3) is 0 Å². The van der Waals surface area contributed by atoms with E-state index in [9.17, 15) is 0 Å². The van der Waals surface area contributed by atoms with Gasteiger partial charge in [-0.15, -0.1) is 0 Å². The highest BCUT2D eigenvalue weighted by Gasteiger charge is 2.18. The minimum absolute atomic E-state index is 0.251. The first-order valence-corrected chi connectivity index (χ1v) is 7.23. The van der Waals surface area contributed by atoms with Gasteiger partial charge in [-0.1, -0.05) is 49.7 Å². The van der Waals surface area contributed by atoms with Crippen molar-refractivity contribution in [3.05, 3.63) is 0 Å². The molecule has 0 fully saturated rings. The molecule has 0 aromatic rings. The van der Waals surface area contributed by atoms with Crippen molar-refractivity contribution in [2.75, 3.05) is 6.16 Å². The first kappa shape index (κ1) is 9.16. The van der Waals surface area contributed by atoms with Gasteiger partial charge in [0.1, 0.15) is 0 Å². The standard InChI is InChI=1S/C6H14IP/c1-5-8(7)6(2,3)4/h5H2,1-4H3. The van der Waals surface area contributed by atoms with Crippen LogP contribution in [-0.4, -0.2) is 11.3 Å². The Kier molecular flexibility index (Phi) is 3.85. The fourth-order valence-corrected chi connectivity index (χ4v) is 1.42. The van der Waals surface area contributed by atoms with Crippen LogP contribution in [0.2, 0.25) is 0 Å². The number of halogens is 1.